The zero-order valence-corrected chi connectivity index (χ0v) is 22.8. The third-order valence-corrected chi connectivity index (χ3v) is 8.53. The standard InChI is InChI=1S/C25H28F4N5O5P/c1-5-24(6-2,40(36,37)38)14-11-17(26)20(19(12-14)39-4)33-23-31-13-16(25(27,28)29)21(34-23)32-18-10-8-7-9-15(18)22(35)30-3/h7-13H,5-6H2,1-4H3,(H,30,35)(H2,36,37,38)(H2,31,32,33,34). The Labute approximate surface area is 227 Å². The smallest absolute Gasteiger partial charge is 0.421 e. The molecule has 0 saturated heterocycles. The van der Waals surface area contributed by atoms with E-state index in [-0.39, 0.29) is 41.1 Å². The molecule has 0 aliphatic rings. The lowest BCUT2D eigenvalue weighted by molar-refractivity contribution is -0.137. The molecule has 0 fully saturated rings. The van der Waals surface area contributed by atoms with Crippen LogP contribution in [0.5, 0.6) is 5.75 Å². The van der Waals surface area contributed by atoms with Gasteiger partial charge in [-0.25, -0.2) is 9.37 Å². The Morgan fingerprint density at radius 2 is 1.75 bits per heavy atom. The molecule has 216 valence electrons. The van der Waals surface area contributed by atoms with Gasteiger partial charge in [0, 0.05) is 13.2 Å². The normalized spacial score (nSPS) is 12.2. The molecule has 3 rings (SSSR count). The van der Waals surface area contributed by atoms with Gasteiger partial charge in [0.2, 0.25) is 5.95 Å². The summed E-state index contributed by atoms with van der Waals surface area (Å²) in [5, 5.41) is 5.72. The molecule has 0 saturated carbocycles. The number of carbonyl (C=O) groups excluding carboxylic acids is 1. The maximum absolute atomic E-state index is 15.4. The van der Waals surface area contributed by atoms with E-state index < -0.39 is 48.0 Å². The zero-order valence-electron chi connectivity index (χ0n) is 21.9. The quantitative estimate of drug-likeness (QED) is 0.150. The minimum absolute atomic E-state index is 0.00226. The molecule has 1 aromatic heterocycles. The Kier molecular flexibility index (Phi) is 9.07. The fourth-order valence-electron chi connectivity index (χ4n) is 4.28. The summed E-state index contributed by atoms with van der Waals surface area (Å²) in [6.45, 7) is 3.12. The number of aromatic nitrogens is 2. The minimum Gasteiger partial charge on any atom is -0.494 e. The fraction of sp³-hybridized carbons (Fsp3) is 0.320. The predicted molar refractivity (Wildman–Crippen MR) is 141 cm³/mol. The molecule has 0 spiro atoms. The van der Waals surface area contributed by atoms with Gasteiger partial charge in [0.15, 0.2) is 5.82 Å². The van der Waals surface area contributed by atoms with Gasteiger partial charge in [0.05, 0.1) is 23.5 Å². The monoisotopic (exact) mass is 585 g/mol. The number of methoxy groups -OCH3 is 1. The number of nitrogens with zero attached hydrogens (tertiary/aromatic N) is 2. The number of benzene rings is 2. The average molecular weight is 585 g/mol. The first kappa shape index (κ1) is 30.8. The zero-order chi connectivity index (χ0) is 29.9. The molecule has 0 bridgehead atoms. The number of alkyl halides is 3. The van der Waals surface area contributed by atoms with Crippen LogP contribution >= 0.6 is 7.60 Å². The lowest BCUT2D eigenvalue weighted by Crippen LogP contribution is -2.25. The number of ether oxygens (including phenoxy) is 1. The summed E-state index contributed by atoms with van der Waals surface area (Å²) in [5.41, 5.74) is -1.54. The van der Waals surface area contributed by atoms with Gasteiger partial charge in [-0.15, -0.1) is 0 Å². The second-order valence-corrected chi connectivity index (χ2v) is 10.6. The van der Waals surface area contributed by atoms with Crippen LogP contribution in [0.25, 0.3) is 0 Å². The summed E-state index contributed by atoms with van der Waals surface area (Å²) in [6, 6.07) is 8.01. The van der Waals surface area contributed by atoms with Crippen LogP contribution < -0.4 is 20.7 Å². The summed E-state index contributed by atoms with van der Waals surface area (Å²) in [4.78, 5) is 39.8. The van der Waals surface area contributed by atoms with Crippen LogP contribution in [0.4, 0.5) is 40.7 Å². The molecular formula is C25H28F4N5O5P. The van der Waals surface area contributed by atoms with E-state index in [1.54, 1.807) is 13.8 Å². The van der Waals surface area contributed by atoms with E-state index in [0.717, 1.165) is 6.07 Å². The first-order valence-electron chi connectivity index (χ1n) is 11.9. The first-order valence-corrected chi connectivity index (χ1v) is 13.6. The number of anilines is 4. The first-order chi connectivity index (χ1) is 18.7. The highest BCUT2D eigenvalue weighted by Crippen LogP contribution is 2.61. The maximum atomic E-state index is 15.4. The number of hydrogen-bond acceptors (Lipinski definition) is 7. The summed E-state index contributed by atoms with van der Waals surface area (Å²) >= 11 is 0. The van der Waals surface area contributed by atoms with Crippen molar-refractivity contribution >= 4 is 36.6 Å². The molecule has 40 heavy (non-hydrogen) atoms. The number of rotatable bonds is 10. The third kappa shape index (κ3) is 6.03. The van der Waals surface area contributed by atoms with Crippen molar-refractivity contribution in [3.8, 4) is 5.75 Å². The molecule has 0 aliphatic heterocycles. The van der Waals surface area contributed by atoms with Crippen LogP contribution in [0.1, 0.15) is 48.2 Å². The predicted octanol–water partition coefficient (Wildman–Crippen LogP) is 5.68. The van der Waals surface area contributed by atoms with E-state index in [9.17, 15) is 32.3 Å². The molecule has 0 unspecified atom stereocenters. The molecule has 10 nitrogen and oxygen atoms in total. The molecule has 0 atom stereocenters. The largest absolute Gasteiger partial charge is 0.494 e. The third-order valence-electron chi connectivity index (χ3n) is 6.52. The van der Waals surface area contributed by atoms with Crippen LogP contribution in [0.3, 0.4) is 0 Å². The summed E-state index contributed by atoms with van der Waals surface area (Å²) in [6.07, 6.45) is -4.39. The highest BCUT2D eigenvalue weighted by Gasteiger charge is 2.46. The van der Waals surface area contributed by atoms with E-state index in [4.69, 9.17) is 4.74 Å². The van der Waals surface area contributed by atoms with Crippen molar-refractivity contribution in [2.24, 2.45) is 0 Å². The SMILES string of the molecule is CCC(CC)(c1cc(F)c(Nc2ncc(C(F)(F)F)c(Nc3ccccc3C(=O)NC)n2)c(OC)c1)P(=O)(O)O. The van der Waals surface area contributed by atoms with Crippen LogP contribution in [0.2, 0.25) is 0 Å². The fourth-order valence-corrected chi connectivity index (χ4v) is 5.57. The minimum atomic E-state index is -4.88. The molecule has 5 N–H and O–H groups in total. The molecule has 15 heteroatoms. The summed E-state index contributed by atoms with van der Waals surface area (Å²) in [5.74, 6) is -2.91. The van der Waals surface area contributed by atoms with Crippen LogP contribution in [-0.4, -0.2) is 39.8 Å². The van der Waals surface area contributed by atoms with Gasteiger partial charge in [-0.3, -0.25) is 9.36 Å². The Morgan fingerprint density at radius 1 is 1.10 bits per heavy atom. The van der Waals surface area contributed by atoms with Gasteiger partial charge in [0.25, 0.3) is 5.91 Å². The molecule has 0 aliphatic carbocycles. The maximum Gasteiger partial charge on any atom is 0.421 e. The number of halogens is 4. The van der Waals surface area contributed by atoms with E-state index in [1.807, 2.05) is 0 Å². The molecule has 1 heterocycles. The second-order valence-electron chi connectivity index (χ2n) is 8.65. The molecule has 1 amide bonds. The van der Waals surface area contributed by atoms with E-state index >= 15 is 4.39 Å². The number of para-hydroxylation sites is 1. The van der Waals surface area contributed by atoms with Crippen LogP contribution in [-0.2, 0) is 15.9 Å². The highest BCUT2D eigenvalue weighted by molar-refractivity contribution is 7.53. The van der Waals surface area contributed by atoms with Crippen molar-refractivity contribution in [2.45, 2.75) is 38.0 Å². The second kappa shape index (κ2) is 11.8. The van der Waals surface area contributed by atoms with Crippen molar-refractivity contribution in [1.82, 2.24) is 15.3 Å². The summed E-state index contributed by atoms with van der Waals surface area (Å²) in [7, 11) is -2.19. The highest BCUT2D eigenvalue weighted by atomic mass is 31.2. The Morgan fingerprint density at radius 3 is 2.30 bits per heavy atom. The molecular weight excluding hydrogens is 557 g/mol. The van der Waals surface area contributed by atoms with Crippen molar-refractivity contribution in [1.29, 1.82) is 0 Å². The van der Waals surface area contributed by atoms with Crippen molar-refractivity contribution in [3.63, 3.8) is 0 Å². The van der Waals surface area contributed by atoms with E-state index in [2.05, 4.69) is 25.9 Å². The lowest BCUT2D eigenvalue weighted by Gasteiger charge is -2.33. The van der Waals surface area contributed by atoms with E-state index in [1.165, 1.54) is 44.5 Å². The summed E-state index contributed by atoms with van der Waals surface area (Å²) < 4.78 is 74.3. The Bertz CT molecular complexity index is 1440. The van der Waals surface area contributed by atoms with Crippen LogP contribution in [0, 0.1) is 5.82 Å². The molecule has 3 aromatic rings. The molecule has 0 radical (unpaired) electrons. The van der Waals surface area contributed by atoms with Gasteiger partial charge in [0.1, 0.15) is 22.8 Å². The van der Waals surface area contributed by atoms with Gasteiger partial charge in [-0.05, 0) is 42.7 Å². The number of carbonyl (C=O) groups is 1. The van der Waals surface area contributed by atoms with Crippen molar-refractivity contribution in [2.75, 3.05) is 24.8 Å². The van der Waals surface area contributed by atoms with Gasteiger partial charge < -0.3 is 30.5 Å². The Hall–Kier alpha value is -3.74. The Balaban J connectivity index is 2.10. The number of amides is 1. The van der Waals surface area contributed by atoms with Gasteiger partial charge in [-0.1, -0.05) is 26.0 Å². The van der Waals surface area contributed by atoms with Crippen molar-refractivity contribution < 1.29 is 41.4 Å². The topological polar surface area (TPSA) is 146 Å². The average Bonchev–Trinajstić information content (AvgIpc) is 2.89. The number of nitrogens with one attached hydrogen (secondary N) is 3. The number of hydrogen-bond donors (Lipinski definition) is 5. The van der Waals surface area contributed by atoms with Crippen LogP contribution in [0.15, 0.2) is 42.6 Å². The van der Waals surface area contributed by atoms with Gasteiger partial charge in [-0.2, -0.15) is 18.2 Å². The van der Waals surface area contributed by atoms with Gasteiger partial charge >= 0.3 is 13.8 Å². The van der Waals surface area contributed by atoms with Crippen molar-refractivity contribution in [3.05, 3.63) is 65.1 Å². The molecule has 2 aromatic carbocycles. The van der Waals surface area contributed by atoms with E-state index in [0.29, 0.717) is 6.20 Å². The lowest BCUT2D eigenvalue weighted by atomic mass is 9.92.